The second-order valence-corrected chi connectivity index (χ2v) is 4.82. The Morgan fingerprint density at radius 3 is 2.47 bits per heavy atom. The molecule has 0 saturated heterocycles. The van der Waals surface area contributed by atoms with Gasteiger partial charge in [0, 0.05) is 4.47 Å². The lowest BCUT2D eigenvalue weighted by atomic mass is 10.0. The molecule has 3 heteroatoms. The van der Waals surface area contributed by atoms with Crippen molar-refractivity contribution in [1.29, 1.82) is 0 Å². The third-order valence-corrected chi connectivity index (χ3v) is 3.53. The molecule has 17 heavy (non-hydrogen) atoms. The largest absolute Gasteiger partial charge is 0.384 e. The van der Waals surface area contributed by atoms with Crippen LogP contribution < -0.4 is 0 Å². The van der Waals surface area contributed by atoms with Crippen LogP contribution in [0.4, 0.5) is 4.39 Å². The smallest absolute Gasteiger partial charge is 0.123 e. The number of rotatable bonds is 2. The maximum absolute atomic E-state index is 13.1. The lowest BCUT2D eigenvalue weighted by Crippen LogP contribution is -2.00. The Morgan fingerprint density at radius 1 is 1.12 bits per heavy atom. The first kappa shape index (κ1) is 12.3. The summed E-state index contributed by atoms with van der Waals surface area (Å²) in [6, 6.07) is 11.6. The maximum Gasteiger partial charge on any atom is 0.123 e. The molecule has 0 amide bonds. The van der Waals surface area contributed by atoms with E-state index in [1.807, 2.05) is 25.1 Å². The number of halogens is 2. The van der Waals surface area contributed by atoms with Crippen molar-refractivity contribution in [3.8, 4) is 0 Å². The van der Waals surface area contributed by atoms with Crippen molar-refractivity contribution in [2.75, 3.05) is 0 Å². The standard InChI is InChI=1S/C14H12BrFO/c1-9-5-6-11(8-13(9)15)14(17)10-3-2-4-12(16)7-10/h2-8,14,17H,1H3. The fourth-order valence-electron chi connectivity index (χ4n) is 1.65. The molecular weight excluding hydrogens is 283 g/mol. The van der Waals surface area contributed by atoms with Gasteiger partial charge in [-0.05, 0) is 41.8 Å². The predicted molar refractivity (Wildman–Crippen MR) is 69.3 cm³/mol. The molecule has 2 aromatic carbocycles. The van der Waals surface area contributed by atoms with Crippen molar-refractivity contribution in [3.05, 3.63) is 69.4 Å². The first-order chi connectivity index (χ1) is 8.08. The third-order valence-electron chi connectivity index (χ3n) is 2.68. The van der Waals surface area contributed by atoms with E-state index in [0.717, 1.165) is 15.6 Å². The Balaban J connectivity index is 2.36. The van der Waals surface area contributed by atoms with Gasteiger partial charge in [0.2, 0.25) is 0 Å². The van der Waals surface area contributed by atoms with Crippen LogP contribution in [0.15, 0.2) is 46.9 Å². The normalized spacial score (nSPS) is 12.5. The number of benzene rings is 2. The summed E-state index contributed by atoms with van der Waals surface area (Å²) in [6.45, 7) is 1.97. The Labute approximate surface area is 108 Å². The van der Waals surface area contributed by atoms with E-state index >= 15 is 0 Å². The summed E-state index contributed by atoms with van der Waals surface area (Å²) in [5.41, 5.74) is 2.40. The van der Waals surface area contributed by atoms with E-state index in [4.69, 9.17) is 0 Å². The number of aryl methyl sites for hydroxylation is 1. The van der Waals surface area contributed by atoms with Gasteiger partial charge in [-0.15, -0.1) is 0 Å². The summed E-state index contributed by atoms with van der Waals surface area (Å²) in [7, 11) is 0. The molecule has 0 aliphatic heterocycles. The van der Waals surface area contributed by atoms with Gasteiger partial charge in [0.1, 0.15) is 11.9 Å². The first-order valence-electron chi connectivity index (χ1n) is 5.27. The average Bonchev–Trinajstić information content (AvgIpc) is 2.32. The highest BCUT2D eigenvalue weighted by Gasteiger charge is 2.11. The maximum atomic E-state index is 13.1. The van der Waals surface area contributed by atoms with Crippen molar-refractivity contribution in [2.24, 2.45) is 0 Å². The quantitative estimate of drug-likeness (QED) is 0.888. The molecule has 88 valence electrons. The zero-order valence-electron chi connectivity index (χ0n) is 9.32. The summed E-state index contributed by atoms with van der Waals surface area (Å²) in [5, 5.41) is 10.1. The molecule has 1 atom stereocenters. The van der Waals surface area contributed by atoms with E-state index < -0.39 is 6.10 Å². The molecular formula is C14H12BrFO. The molecule has 1 nitrogen and oxygen atoms in total. The van der Waals surface area contributed by atoms with Crippen LogP contribution in [0, 0.1) is 12.7 Å². The molecule has 2 aromatic rings. The third kappa shape index (κ3) is 2.73. The van der Waals surface area contributed by atoms with E-state index in [1.165, 1.54) is 12.1 Å². The molecule has 2 rings (SSSR count). The van der Waals surface area contributed by atoms with Crippen molar-refractivity contribution in [3.63, 3.8) is 0 Å². The first-order valence-corrected chi connectivity index (χ1v) is 6.07. The van der Waals surface area contributed by atoms with E-state index in [2.05, 4.69) is 15.9 Å². The Hall–Kier alpha value is -1.19. The molecule has 0 saturated carbocycles. The highest BCUT2D eigenvalue weighted by molar-refractivity contribution is 9.10. The van der Waals surface area contributed by atoms with Gasteiger partial charge in [0.15, 0.2) is 0 Å². The van der Waals surface area contributed by atoms with Crippen LogP contribution >= 0.6 is 15.9 Å². The summed E-state index contributed by atoms with van der Waals surface area (Å²) in [4.78, 5) is 0. The second-order valence-electron chi connectivity index (χ2n) is 3.97. The van der Waals surface area contributed by atoms with Crippen LogP contribution in [0.2, 0.25) is 0 Å². The Kier molecular flexibility index (Phi) is 3.60. The van der Waals surface area contributed by atoms with Gasteiger partial charge in [-0.1, -0.05) is 40.2 Å². The number of hydrogen-bond acceptors (Lipinski definition) is 1. The SMILES string of the molecule is Cc1ccc(C(O)c2cccc(F)c2)cc1Br. The van der Waals surface area contributed by atoms with E-state index in [0.29, 0.717) is 5.56 Å². The summed E-state index contributed by atoms with van der Waals surface area (Å²) in [6.07, 6.45) is -0.803. The zero-order chi connectivity index (χ0) is 12.4. The lowest BCUT2D eigenvalue weighted by Gasteiger charge is -2.12. The molecule has 1 N–H and O–H groups in total. The highest BCUT2D eigenvalue weighted by Crippen LogP contribution is 2.26. The van der Waals surface area contributed by atoms with Crippen molar-refractivity contribution >= 4 is 15.9 Å². The molecule has 0 aliphatic carbocycles. The van der Waals surface area contributed by atoms with E-state index in [-0.39, 0.29) is 5.82 Å². The monoisotopic (exact) mass is 294 g/mol. The number of hydrogen-bond donors (Lipinski definition) is 1. The van der Waals surface area contributed by atoms with Crippen molar-refractivity contribution < 1.29 is 9.50 Å². The van der Waals surface area contributed by atoms with Gasteiger partial charge in [0.25, 0.3) is 0 Å². The molecule has 1 unspecified atom stereocenters. The molecule has 0 aromatic heterocycles. The van der Waals surface area contributed by atoms with Gasteiger partial charge in [-0.25, -0.2) is 4.39 Å². The van der Waals surface area contributed by atoms with E-state index in [9.17, 15) is 9.50 Å². The van der Waals surface area contributed by atoms with Crippen LogP contribution in [-0.4, -0.2) is 5.11 Å². The minimum atomic E-state index is -0.803. The van der Waals surface area contributed by atoms with E-state index in [1.54, 1.807) is 12.1 Å². The molecule has 0 aliphatic rings. The van der Waals surface area contributed by atoms with Crippen LogP contribution in [0.3, 0.4) is 0 Å². The Bertz CT molecular complexity index is 539. The summed E-state index contributed by atoms with van der Waals surface area (Å²) >= 11 is 3.42. The molecule has 0 fully saturated rings. The van der Waals surface area contributed by atoms with Crippen LogP contribution in [0.5, 0.6) is 0 Å². The fourth-order valence-corrected chi connectivity index (χ4v) is 2.04. The molecule has 0 radical (unpaired) electrons. The van der Waals surface area contributed by atoms with Gasteiger partial charge in [-0.3, -0.25) is 0 Å². The second kappa shape index (κ2) is 4.98. The Morgan fingerprint density at radius 2 is 1.82 bits per heavy atom. The predicted octanol–water partition coefficient (Wildman–Crippen LogP) is 3.98. The zero-order valence-corrected chi connectivity index (χ0v) is 10.9. The summed E-state index contributed by atoms with van der Waals surface area (Å²) < 4.78 is 14.0. The molecule has 0 spiro atoms. The van der Waals surface area contributed by atoms with Gasteiger partial charge >= 0.3 is 0 Å². The molecule has 0 bridgehead atoms. The van der Waals surface area contributed by atoms with Crippen LogP contribution in [-0.2, 0) is 0 Å². The van der Waals surface area contributed by atoms with Gasteiger partial charge in [0.05, 0.1) is 0 Å². The fraction of sp³-hybridized carbons (Fsp3) is 0.143. The minimum absolute atomic E-state index is 0.340. The van der Waals surface area contributed by atoms with Gasteiger partial charge in [-0.2, -0.15) is 0 Å². The van der Waals surface area contributed by atoms with Crippen molar-refractivity contribution in [1.82, 2.24) is 0 Å². The van der Waals surface area contributed by atoms with Crippen LogP contribution in [0.25, 0.3) is 0 Å². The van der Waals surface area contributed by atoms with Crippen molar-refractivity contribution in [2.45, 2.75) is 13.0 Å². The van der Waals surface area contributed by atoms with Gasteiger partial charge < -0.3 is 5.11 Å². The number of aliphatic hydroxyl groups excluding tert-OH is 1. The summed E-state index contributed by atoms with van der Waals surface area (Å²) in [5.74, 6) is -0.340. The lowest BCUT2D eigenvalue weighted by molar-refractivity contribution is 0.219. The molecule has 0 heterocycles. The average molecular weight is 295 g/mol. The number of aliphatic hydroxyl groups is 1. The highest BCUT2D eigenvalue weighted by atomic mass is 79.9. The minimum Gasteiger partial charge on any atom is -0.384 e. The topological polar surface area (TPSA) is 20.2 Å². The van der Waals surface area contributed by atoms with Crippen LogP contribution in [0.1, 0.15) is 22.8 Å².